The van der Waals surface area contributed by atoms with Crippen LogP contribution in [0.1, 0.15) is 45.1 Å². The standard InChI is InChI=1S/C22H37N3O2/c1-4-23-21(25-18-22(11-8-12-22)13-14-26-3)24-15-19(2)16-27-17-20-9-6-5-7-10-20/h5-7,9-10,19H,4,8,11-18H2,1-3H3,(H2,23,24,25). The van der Waals surface area contributed by atoms with E-state index in [1.165, 1.54) is 24.8 Å². The van der Waals surface area contributed by atoms with Crippen LogP contribution in [0.3, 0.4) is 0 Å². The van der Waals surface area contributed by atoms with Gasteiger partial charge in [0.1, 0.15) is 0 Å². The Bertz CT molecular complexity index is 544. The zero-order chi connectivity index (χ0) is 19.4. The normalized spacial score (nSPS) is 17.2. The number of benzene rings is 1. The van der Waals surface area contributed by atoms with Crippen LogP contribution in [0.4, 0.5) is 0 Å². The maximum Gasteiger partial charge on any atom is 0.191 e. The van der Waals surface area contributed by atoms with E-state index in [1.807, 2.05) is 18.2 Å². The zero-order valence-corrected chi connectivity index (χ0v) is 17.3. The highest BCUT2D eigenvalue weighted by atomic mass is 16.5. The smallest absolute Gasteiger partial charge is 0.191 e. The molecule has 1 unspecified atom stereocenters. The van der Waals surface area contributed by atoms with Gasteiger partial charge in [0.2, 0.25) is 0 Å². The van der Waals surface area contributed by atoms with Crippen LogP contribution in [-0.4, -0.2) is 45.9 Å². The third-order valence-electron chi connectivity index (χ3n) is 5.30. The minimum Gasteiger partial charge on any atom is -0.385 e. The van der Waals surface area contributed by atoms with Crippen LogP contribution in [0, 0.1) is 11.3 Å². The van der Waals surface area contributed by atoms with E-state index in [2.05, 4.69) is 36.6 Å². The summed E-state index contributed by atoms with van der Waals surface area (Å²) in [4.78, 5) is 4.86. The van der Waals surface area contributed by atoms with Gasteiger partial charge in [-0.15, -0.1) is 0 Å². The first kappa shape index (κ1) is 21.7. The second-order valence-electron chi connectivity index (χ2n) is 7.78. The van der Waals surface area contributed by atoms with Crippen LogP contribution in [0.5, 0.6) is 0 Å². The first-order chi connectivity index (χ1) is 13.2. The summed E-state index contributed by atoms with van der Waals surface area (Å²) in [6.07, 6.45) is 4.96. The molecule has 0 aromatic heterocycles. The van der Waals surface area contributed by atoms with Gasteiger partial charge in [0.15, 0.2) is 5.96 Å². The molecule has 0 heterocycles. The van der Waals surface area contributed by atoms with E-state index in [0.29, 0.717) is 17.9 Å². The number of guanidine groups is 1. The molecule has 0 amide bonds. The molecule has 0 saturated heterocycles. The first-order valence-corrected chi connectivity index (χ1v) is 10.3. The molecular formula is C22H37N3O2. The van der Waals surface area contributed by atoms with Gasteiger partial charge in [-0.25, -0.2) is 0 Å². The number of rotatable bonds is 12. The maximum atomic E-state index is 5.84. The number of methoxy groups -OCH3 is 1. The topological polar surface area (TPSA) is 54.9 Å². The lowest BCUT2D eigenvalue weighted by atomic mass is 9.67. The number of hydrogen-bond acceptors (Lipinski definition) is 3. The first-order valence-electron chi connectivity index (χ1n) is 10.3. The van der Waals surface area contributed by atoms with E-state index in [9.17, 15) is 0 Å². The lowest BCUT2D eigenvalue weighted by molar-refractivity contribution is 0.0778. The highest BCUT2D eigenvalue weighted by Crippen LogP contribution is 2.44. The van der Waals surface area contributed by atoms with Gasteiger partial charge in [-0.2, -0.15) is 0 Å². The van der Waals surface area contributed by atoms with Gasteiger partial charge in [0.05, 0.1) is 13.2 Å². The Morgan fingerprint density at radius 2 is 2.00 bits per heavy atom. The van der Waals surface area contributed by atoms with Crippen LogP contribution in [0.2, 0.25) is 0 Å². The Balaban J connectivity index is 1.72. The van der Waals surface area contributed by atoms with Crippen molar-refractivity contribution >= 4 is 5.96 Å². The monoisotopic (exact) mass is 375 g/mol. The summed E-state index contributed by atoms with van der Waals surface area (Å²) >= 11 is 0. The van der Waals surface area contributed by atoms with Gasteiger partial charge in [-0.3, -0.25) is 4.99 Å². The van der Waals surface area contributed by atoms with E-state index in [0.717, 1.165) is 45.2 Å². The lowest BCUT2D eigenvalue weighted by Gasteiger charge is -2.40. The fraction of sp³-hybridized carbons (Fsp3) is 0.682. The van der Waals surface area contributed by atoms with Crippen molar-refractivity contribution in [1.29, 1.82) is 0 Å². The van der Waals surface area contributed by atoms with Gasteiger partial charge < -0.3 is 20.1 Å². The van der Waals surface area contributed by atoms with E-state index in [1.54, 1.807) is 7.11 Å². The predicted octanol–water partition coefficient (Wildman–Crippen LogP) is 3.60. The van der Waals surface area contributed by atoms with Crippen molar-refractivity contribution in [1.82, 2.24) is 10.6 Å². The summed E-state index contributed by atoms with van der Waals surface area (Å²) in [6.45, 7) is 9.14. The molecule has 152 valence electrons. The number of ether oxygens (including phenoxy) is 2. The van der Waals surface area contributed by atoms with Crippen molar-refractivity contribution in [2.45, 2.75) is 46.1 Å². The van der Waals surface area contributed by atoms with Crippen LogP contribution < -0.4 is 10.6 Å². The number of hydrogen-bond donors (Lipinski definition) is 2. The molecule has 1 saturated carbocycles. The average molecular weight is 376 g/mol. The molecular weight excluding hydrogens is 338 g/mol. The van der Waals surface area contributed by atoms with Crippen molar-refractivity contribution in [2.75, 3.05) is 40.0 Å². The fourth-order valence-corrected chi connectivity index (χ4v) is 3.35. The summed E-state index contributed by atoms with van der Waals surface area (Å²) in [5, 5.41) is 6.84. The fourth-order valence-electron chi connectivity index (χ4n) is 3.35. The van der Waals surface area contributed by atoms with Crippen molar-refractivity contribution in [2.24, 2.45) is 16.3 Å². The van der Waals surface area contributed by atoms with Gasteiger partial charge in [0, 0.05) is 33.4 Å². The van der Waals surface area contributed by atoms with Crippen LogP contribution >= 0.6 is 0 Å². The second kappa shape index (κ2) is 12.0. The van der Waals surface area contributed by atoms with Gasteiger partial charge >= 0.3 is 0 Å². The number of aliphatic imine (C=N–C) groups is 1. The van der Waals surface area contributed by atoms with E-state index in [4.69, 9.17) is 14.5 Å². The van der Waals surface area contributed by atoms with E-state index >= 15 is 0 Å². The van der Waals surface area contributed by atoms with Crippen LogP contribution in [0.25, 0.3) is 0 Å². The maximum absolute atomic E-state index is 5.84. The van der Waals surface area contributed by atoms with Crippen LogP contribution in [0.15, 0.2) is 35.3 Å². The van der Waals surface area contributed by atoms with Gasteiger partial charge in [-0.05, 0) is 43.1 Å². The highest BCUT2D eigenvalue weighted by molar-refractivity contribution is 5.79. The van der Waals surface area contributed by atoms with Crippen LogP contribution in [-0.2, 0) is 16.1 Å². The Labute approximate surface area is 164 Å². The van der Waals surface area contributed by atoms with Gasteiger partial charge in [-0.1, -0.05) is 43.7 Å². The minimum atomic E-state index is 0.350. The highest BCUT2D eigenvalue weighted by Gasteiger charge is 2.36. The minimum absolute atomic E-state index is 0.350. The molecule has 0 spiro atoms. The van der Waals surface area contributed by atoms with Crippen molar-refractivity contribution in [3.8, 4) is 0 Å². The Morgan fingerprint density at radius 1 is 1.22 bits per heavy atom. The summed E-state index contributed by atoms with van der Waals surface area (Å²) in [5.41, 5.74) is 1.57. The molecule has 2 N–H and O–H groups in total. The predicted molar refractivity (Wildman–Crippen MR) is 112 cm³/mol. The summed E-state index contributed by atoms with van der Waals surface area (Å²) < 4.78 is 11.1. The largest absolute Gasteiger partial charge is 0.385 e. The Morgan fingerprint density at radius 3 is 2.63 bits per heavy atom. The number of nitrogens with one attached hydrogen (secondary N) is 2. The second-order valence-corrected chi connectivity index (χ2v) is 7.78. The molecule has 1 aliphatic carbocycles. The molecule has 5 nitrogen and oxygen atoms in total. The molecule has 1 aromatic rings. The third-order valence-corrected chi connectivity index (χ3v) is 5.30. The molecule has 1 aliphatic rings. The lowest BCUT2D eigenvalue weighted by Crippen LogP contribution is -2.42. The molecule has 5 heteroatoms. The van der Waals surface area contributed by atoms with Crippen molar-refractivity contribution in [3.63, 3.8) is 0 Å². The Hall–Kier alpha value is -1.59. The Kier molecular flexibility index (Phi) is 9.64. The van der Waals surface area contributed by atoms with Gasteiger partial charge in [0.25, 0.3) is 0 Å². The molecule has 27 heavy (non-hydrogen) atoms. The van der Waals surface area contributed by atoms with E-state index in [-0.39, 0.29) is 0 Å². The zero-order valence-electron chi connectivity index (χ0n) is 17.3. The average Bonchev–Trinajstić information content (AvgIpc) is 2.65. The molecule has 0 bridgehead atoms. The summed E-state index contributed by atoms with van der Waals surface area (Å²) in [5.74, 6) is 1.33. The quantitative estimate of drug-likeness (QED) is 0.433. The third kappa shape index (κ3) is 7.89. The summed E-state index contributed by atoms with van der Waals surface area (Å²) in [7, 11) is 1.78. The SMILES string of the molecule is CCNC(=NCC1(CCOC)CCC1)NCC(C)COCc1ccccc1. The molecule has 0 radical (unpaired) electrons. The molecule has 2 rings (SSSR count). The molecule has 1 aromatic carbocycles. The van der Waals surface area contributed by atoms with E-state index < -0.39 is 0 Å². The van der Waals surface area contributed by atoms with Crippen molar-refractivity contribution < 1.29 is 9.47 Å². The number of nitrogens with zero attached hydrogens (tertiary/aromatic N) is 1. The van der Waals surface area contributed by atoms with Crippen molar-refractivity contribution in [3.05, 3.63) is 35.9 Å². The molecule has 1 atom stereocenters. The summed E-state index contributed by atoms with van der Waals surface area (Å²) in [6, 6.07) is 10.3. The molecule has 0 aliphatic heterocycles. The molecule has 1 fully saturated rings.